The summed E-state index contributed by atoms with van der Waals surface area (Å²) < 4.78 is 28.9. The molecule has 2 aliphatic heterocycles. The van der Waals surface area contributed by atoms with Crippen LogP contribution in [0.5, 0.6) is 0 Å². The van der Waals surface area contributed by atoms with E-state index in [0.29, 0.717) is 24.5 Å². The molecule has 8 nitrogen and oxygen atoms in total. The van der Waals surface area contributed by atoms with Crippen LogP contribution in [0.2, 0.25) is 5.02 Å². The van der Waals surface area contributed by atoms with Gasteiger partial charge in [-0.1, -0.05) is 24.6 Å². The van der Waals surface area contributed by atoms with Crippen molar-refractivity contribution in [3.8, 4) is 11.1 Å². The molecule has 208 valence electrons. The number of rotatable bonds is 8. The third-order valence-corrected chi connectivity index (χ3v) is 7.84. The lowest BCUT2D eigenvalue weighted by Crippen LogP contribution is -2.46. The second kappa shape index (κ2) is 11.9. The minimum Gasteiger partial charge on any atom is -0.478 e. The molecule has 0 amide bonds. The van der Waals surface area contributed by atoms with Crippen molar-refractivity contribution in [1.29, 1.82) is 0 Å². The van der Waals surface area contributed by atoms with Crippen LogP contribution in [-0.4, -0.2) is 76.6 Å². The second-order valence-electron chi connectivity index (χ2n) is 10.1. The number of alkyl halides is 2. The third kappa shape index (κ3) is 5.86. The zero-order valence-corrected chi connectivity index (χ0v) is 22.7. The van der Waals surface area contributed by atoms with E-state index >= 15 is 0 Å². The highest BCUT2D eigenvalue weighted by Crippen LogP contribution is 2.37. The van der Waals surface area contributed by atoms with Gasteiger partial charge in [0.1, 0.15) is 17.1 Å². The van der Waals surface area contributed by atoms with Crippen molar-refractivity contribution in [3.63, 3.8) is 0 Å². The first-order valence-electron chi connectivity index (χ1n) is 13.4. The van der Waals surface area contributed by atoms with Crippen LogP contribution in [0.15, 0.2) is 42.7 Å². The molecule has 1 atom stereocenters. The Labute approximate surface area is 231 Å². The monoisotopic (exact) mass is 558 g/mol. The molecule has 0 bridgehead atoms. The molecule has 1 aromatic carbocycles. The number of halogens is 3. The molecule has 2 fully saturated rings. The van der Waals surface area contributed by atoms with E-state index in [1.165, 1.54) is 4.68 Å². The number of piperidine rings is 1. The molecule has 1 unspecified atom stereocenters. The second-order valence-corrected chi connectivity index (χ2v) is 10.6. The van der Waals surface area contributed by atoms with Crippen LogP contribution >= 0.6 is 11.6 Å². The number of aromatic carboxylic acids is 1. The Morgan fingerprint density at radius 2 is 1.90 bits per heavy atom. The summed E-state index contributed by atoms with van der Waals surface area (Å²) in [5.74, 6) is -0.448. The van der Waals surface area contributed by atoms with E-state index in [0.717, 1.165) is 74.4 Å². The van der Waals surface area contributed by atoms with Crippen LogP contribution < -0.4 is 9.80 Å². The molecule has 2 aromatic heterocycles. The van der Waals surface area contributed by atoms with Crippen molar-refractivity contribution >= 4 is 29.1 Å². The molecule has 2 aliphatic rings. The van der Waals surface area contributed by atoms with E-state index in [9.17, 15) is 18.7 Å². The van der Waals surface area contributed by atoms with Gasteiger partial charge in [-0.3, -0.25) is 9.58 Å². The van der Waals surface area contributed by atoms with Gasteiger partial charge in [-0.25, -0.2) is 18.6 Å². The number of piperazine rings is 1. The largest absolute Gasteiger partial charge is 0.478 e. The van der Waals surface area contributed by atoms with Gasteiger partial charge in [0.25, 0.3) is 6.43 Å². The van der Waals surface area contributed by atoms with E-state index in [1.54, 1.807) is 0 Å². The van der Waals surface area contributed by atoms with Crippen LogP contribution in [0.4, 0.5) is 20.3 Å². The predicted octanol–water partition coefficient (Wildman–Crippen LogP) is 5.61. The molecule has 0 aliphatic carbocycles. The summed E-state index contributed by atoms with van der Waals surface area (Å²) in [6.07, 6.45) is 2.48. The molecule has 4 heterocycles. The molecular weight excluding hydrogens is 526 g/mol. The van der Waals surface area contributed by atoms with Crippen molar-refractivity contribution in [3.05, 3.63) is 59.0 Å². The smallest absolute Gasteiger partial charge is 0.339 e. The average Bonchev–Trinajstić information content (AvgIpc) is 3.40. The lowest BCUT2D eigenvalue weighted by Gasteiger charge is -2.36. The molecule has 0 saturated carbocycles. The minimum atomic E-state index is -2.94. The number of carboxylic acid groups (broad SMARTS) is 1. The number of carboxylic acids is 1. The number of benzene rings is 1. The van der Waals surface area contributed by atoms with Gasteiger partial charge in [-0.05, 0) is 50.1 Å². The Morgan fingerprint density at radius 3 is 2.56 bits per heavy atom. The topological polar surface area (TPSA) is 77.7 Å². The van der Waals surface area contributed by atoms with Gasteiger partial charge in [0.2, 0.25) is 0 Å². The Morgan fingerprint density at radius 1 is 1.10 bits per heavy atom. The molecule has 39 heavy (non-hydrogen) atoms. The standard InChI is InChI=1S/C28H33ClF2N6O2/c1-2-9-34-11-13-35(14-12-34)25-8-5-19(16-32-25)22-7-6-20(29)15-24(22)36-10-3-4-21(18-36)37-26(27(30)31)23(17-33-37)28(38)39/h5-8,15-17,21,27H,2-4,9-14,18H2,1H3,(H,38,39). The zero-order valence-electron chi connectivity index (χ0n) is 21.9. The van der Waals surface area contributed by atoms with Crippen LogP contribution in [0.25, 0.3) is 11.1 Å². The van der Waals surface area contributed by atoms with E-state index in [2.05, 4.69) is 32.8 Å². The van der Waals surface area contributed by atoms with Gasteiger partial charge < -0.3 is 14.9 Å². The van der Waals surface area contributed by atoms with Crippen molar-refractivity contribution in [2.75, 3.05) is 55.6 Å². The molecule has 3 aromatic rings. The van der Waals surface area contributed by atoms with E-state index in [-0.39, 0.29) is 0 Å². The quantitative estimate of drug-likeness (QED) is 0.385. The molecule has 1 N–H and O–H groups in total. The maximum atomic E-state index is 13.8. The fourth-order valence-corrected chi connectivity index (χ4v) is 5.84. The van der Waals surface area contributed by atoms with Gasteiger partial charge in [0, 0.05) is 67.3 Å². The molecular formula is C28H33ClF2N6O2. The number of carbonyl (C=O) groups is 1. The van der Waals surface area contributed by atoms with Crippen molar-refractivity contribution < 1.29 is 18.7 Å². The van der Waals surface area contributed by atoms with Crippen LogP contribution in [0.1, 0.15) is 54.7 Å². The summed E-state index contributed by atoms with van der Waals surface area (Å²) >= 11 is 6.41. The summed E-state index contributed by atoms with van der Waals surface area (Å²) in [7, 11) is 0. The number of anilines is 2. The highest BCUT2D eigenvalue weighted by Gasteiger charge is 2.31. The van der Waals surface area contributed by atoms with E-state index in [1.807, 2.05) is 30.5 Å². The molecule has 5 rings (SSSR count). The van der Waals surface area contributed by atoms with Crippen molar-refractivity contribution in [1.82, 2.24) is 19.7 Å². The highest BCUT2D eigenvalue weighted by atomic mass is 35.5. The molecule has 2 saturated heterocycles. The van der Waals surface area contributed by atoms with Gasteiger partial charge in [0.05, 0.1) is 12.2 Å². The third-order valence-electron chi connectivity index (χ3n) is 7.61. The Bertz CT molecular complexity index is 1290. The Balaban J connectivity index is 1.38. The van der Waals surface area contributed by atoms with E-state index in [4.69, 9.17) is 16.6 Å². The molecule has 0 spiro atoms. The summed E-state index contributed by atoms with van der Waals surface area (Å²) in [5.41, 5.74) is 1.78. The number of pyridine rings is 1. The first-order valence-corrected chi connectivity index (χ1v) is 13.8. The number of aromatic nitrogens is 3. The SMILES string of the molecule is CCCN1CCN(c2ccc(-c3ccc(Cl)cc3N3CCCC(n4ncc(C(=O)O)c4C(F)F)C3)cn2)CC1. The van der Waals surface area contributed by atoms with E-state index < -0.39 is 29.7 Å². The maximum Gasteiger partial charge on any atom is 0.339 e. The first kappa shape index (κ1) is 27.3. The first-order chi connectivity index (χ1) is 18.9. The number of hydrogen-bond donors (Lipinski definition) is 1. The van der Waals surface area contributed by atoms with Crippen molar-refractivity contribution in [2.24, 2.45) is 0 Å². The lowest BCUT2D eigenvalue weighted by molar-refractivity contribution is 0.0681. The molecule has 0 radical (unpaired) electrons. The summed E-state index contributed by atoms with van der Waals surface area (Å²) in [6.45, 7) is 8.42. The zero-order chi connectivity index (χ0) is 27.5. The fourth-order valence-electron chi connectivity index (χ4n) is 5.68. The summed E-state index contributed by atoms with van der Waals surface area (Å²) in [5, 5.41) is 14.0. The normalized spacial score (nSPS) is 18.6. The Kier molecular flexibility index (Phi) is 8.32. The molecule has 11 heteroatoms. The highest BCUT2D eigenvalue weighted by molar-refractivity contribution is 6.31. The van der Waals surface area contributed by atoms with Gasteiger partial charge >= 0.3 is 5.97 Å². The fraction of sp³-hybridized carbons (Fsp3) is 0.464. The maximum absolute atomic E-state index is 13.8. The Hall–Kier alpha value is -3.24. The van der Waals surface area contributed by atoms with Crippen LogP contribution in [0, 0.1) is 0 Å². The lowest BCUT2D eigenvalue weighted by atomic mass is 10.00. The van der Waals surface area contributed by atoms with Gasteiger partial charge in [-0.15, -0.1) is 0 Å². The summed E-state index contributed by atoms with van der Waals surface area (Å²) in [4.78, 5) is 23.2. The van der Waals surface area contributed by atoms with Crippen LogP contribution in [0.3, 0.4) is 0 Å². The minimum absolute atomic E-state index is 0.394. The van der Waals surface area contributed by atoms with Gasteiger partial charge in [0.15, 0.2) is 0 Å². The average molecular weight is 559 g/mol. The number of nitrogens with zero attached hydrogens (tertiary/aromatic N) is 6. The number of hydrogen-bond acceptors (Lipinski definition) is 6. The van der Waals surface area contributed by atoms with Gasteiger partial charge in [-0.2, -0.15) is 5.10 Å². The predicted molar refractivity (Wildman–Crippen MR) is 148 cm³/mol. The van der Waals surface area contributed by atoms with Crippen LogP contribution in [-0.2, 0) is 0 Å². The van der Waals surface area contributed by atoms with Crippen molar-refractivity contribution in [2.45, 2.75) is 38.7 Å². The summed E-state index contributed by atoms with van der Waals surface area (Å²) in [6, 6.07) is 9.41.